The summed E-state index contributed by atoms with van der Waals surface area (Å²) in [5, 5.41) is -0.260. The summed E-state index contributed by atoms with van der Waals surface area (Å²) < 4.78 is 4.51. The largest absolute Gasteiger partial charge is 0.396 e. The van der Waals surface area contributed by atoms with E-state index in [1.807, 2.05) is 0 Å². The van der Waals surface area contributed by atoms with Gasteiger partial charge in [-0.1, -0.05) is 18.2 Å². The highest BCUT2D eigenvalue weighted by Crippen LogP contribution is 2.00. The second-order valence-electron chi connectivity index (χ2n) is 2.07. The number of rotatable bonds is 1. The molecule has 0 aliphatic rings. The normalized spacial score (nSPS) is 9.00. The molecule has 0 aromatic heterocycles. The van der Waals surface area contributed by atoms with Crippen molar-refractivity contribution in [2.45, 2.75) is 0 Å². The first-order valence-electron chi connectivity index (χ1n) is 3.27. The fourth-order valence-corrected chi connectivity index (χ4v) is 0.800. The standard InChI is InChI=1S/C8H7NO2S/c9-8(12)11-7(10)6-4-2-1-3-5-6/h1-5H,(H2,9,12). The third kappa shape index (κ3) is 2.32. The van der Waals surface area contributed by atoms with Crippen LogP contribution in [0.3, 0.4) is 0 Å². The first-order chi connectivity index (χ1) is 5.70. The van der Waals surface area contributed by atoms with Gasteiger partial charge in [-0.05, 0) is 24.4 Å². The Labute approximate surface area is 75.1 Å². The van der Waals surface area contributed by atoms with Crippen molar-refractivity contribution in [2.24, 2.45) is 5.73 Å². The Balaban J connectivity index is 2.73. The van der Waals surface area contributed by atoms with E-state index in [0.717, 1.165) is 0 Å². The zero-order valence-electron chi connectivity index (χ0n) is 6.19. The second kappa shape index (κ2) is 3.82. The lowest BCUT2D eigenvalue weighted by molar-refractivity contribution is 0.0720. The van der Waals surface area contributed by atoms with Gasteiger partial charge in [-0.15, -0.1) is 0 Å². The molecule has 1 aromatic carbocycles. The molecule has 0 saturated carbocycles. The van der Waals surface area contributed by atoms with Crippen molar-refractivity contribution in [1.29, 1.82) is 0 Å². The van der Waals surface area contributed by atoms with E-state index < -0.39 is 5.97 Å². The maximum atomic E-state index is 11.1. The number of hydrogen-bond acceptors (Lipinski definition) is 3. The number of benzene rings is 1. The van der Waals surface area contributed by atoms with Crippen molar-refractivity contribution in [3.8, 4) is 0 Å². The van der Waals surface area contributed by atoms with E-state index in [1.54, 1.807) is 30.3 Å². The second-order valence-corrected chi connectivity index (χ2v) is 2.48. The van der Waals surface area contributed by atoms with Gasteiger partial charge in [0.2, 0.25) is 0 Å². The van der Waals surface area contributed by atoms with Crippen LogP contribution >= 0.6 is 12.2 Å². The van der Waals surface area contributed by atoms with Crippen LogP contribution in [0.25, 0.3) is 0 Å². The zero-order valence-corrected chi connectivity index (χ0v) is 7.01. The Bertz CT molecular complexity index is 297. The molecule has 0 amide bonds. The smallest absolute Gasteiger partial charge is 0.345 e. The lowest BCUT2D eigenvalue weighted by atomic mass is 10.2. The van der Waals surface area contributed by atoms with Crippen LogP contribution in [0, 0.1) is 0 Å². The molecule has 1 aromatic rings. The van der Waals surface area contributed by atoms with Crippen molar-refractivity contribution < 1.29 is 9.53 Å². The summed E-state index contributed by atoms with van der Waals surface area (Å²) in [4.78, 5) is 11.1. The van der Waals surface area contributed by atoms with Crippen molar-refractivity contribution in [3.05, 3.63) is 35.9 Å². The Hall–Kier alpha value is -1.42. The van der Waals surface area contributed by atoms with Gasteiger partial charge in [-0.2, -0.15) is 0 Å². The molecule has 0 aliphatic carbocycles. The molecule has 0 atom stereocenters. The predicted octanol–water partition coefficient (Wildman–Crippen LogP) is 1.09. The summed E-state index contributed by atoms with van der Waals surface area (Å²) in [6.45, 7) is 0. The van der Waals surface area contributed by atoms with E-state index in [2.05, 4.69) is 17.0 Å². The fourth-order valence-electron chi connectivity index (χ4n) is 0.725. The van der Waals surface area contributed by atoms with Crippen LogP contribution in [0.5, 0.6) is 0 Å². The summed E-state index contributed by atoms with van der Waals surface area (Å²) in [7, 11) is 0. The van der Waals surface area contributed by atoms with Crippen LogP contribution in [0.4, 0.5) is 0 Å². The highest BCUT2D eigenvalue weighted by Gasteiger charge is 2.06. The first-order valence-corrected chi connectivity index (χ1v) is 3.67. The minimum Gasteiger partial charge on any atom is -0.396 e. The Morgan fingerprint density at radius 3 is 2.42 bits per heavy atom. The predicted molar refractivity (Wildman–Crippen MR) is 48.6 cm³/mol. The van der Waals surface area contributed by atoms with E-state index in [0.29, 0.717) is 5.56 Å². The quantitative estimate of drug-likeness (QED) is 0.520. The van der Waals surface area contributed by atoms with Crippen molar-refractivity contribution in [1.82, 2.24) is 0 Å². The highest BCUT2D eigenvalue weighted by atomic mass is 32.1. The maximum absolute atomic E-state index is 11.1. The van der Waals surface area contributed by atoms with Gasteiger partial charge in [0, 0.05) is 0 Å². The highest BCUT2D eigenvalue weighted by molar-refractivity contribution is 7.80. The number of carbonyl (C=O) groups is 1. The summed E-state index contributed by atoms with van der Waals surface area (Å²) in [5.74, 6) is -0.525. The number of hydrogen-bond donors (Lipinski definition) is 1. The number of thiocarbonyl (C=S) groups is 1. The maximum Gasteiger partial charge on any atom is 0.345 e. The van der Waals surface area contributed by atoms with Gasteiger partial charge >= 0.3 is 5.97 Å². The van der Waals surface area contributed by atoms with E-state index in [9.17, 15) is 4.79 Å². The Kier molecular flexibility index (Phi) is 2.76. The topological polar surface area (TPSA) is 52.3 Å². The molecule has 0 saturated heterocycles. The monoisotopic (exact) mass is 181 g/mol. The minimum absolute atomic E-state index is 0.260. The van der Waals surface area contributed by atoms with E-state index in [1.165, 1.54) is 0 Å². The molecule has 1 rings (SSSR count). The summed E-state index contributed by atoms with van der Waals surface area (Å²) in [6, 6.07) is 8.52. The molecule has 0 bridgehead atoms. The third-order valence-electron chi connectivity index (χ3n) is 1.20. The van der Waals surface area contributed by atoms with Crippen molar-refractivity contribution in [2.75, 3.05) is 0 Å². The van der Waals surface area contributed by atoms with Crippen molar-refractivity contribution in [3.63, 3.8) is 0 Å². The van der Waals surface area contributed by atoms with Gasteiger partial charge < -0.3 is 10.5 Å². The average Bonchev–Trinajstić information content (AvgIpc) is 2.05. The minimum atomic E-state index is -0.525. The molecule has 0 unspecified atom stereocenters. The summed E-state index contributed by atoms with van der Waals surface area (Å²) in [5.41, 5.74) is 5.45. The van der Waals surface area contributed by atoms with Crippen LogP contribution in [0.2, 0.25) is 0 Å². The van der Waals surface area contributed by atoms with Gasteiger partial charge in [0.15, 0.2) is 0 Å². The Morgan fingerprint density at radius 1 is 1.33 bits per heavy atom. The zero-order chi connectivity index (χ0) is 8.97. The van der Waals surface area contributed by atoms with Gasteiger partial charge in [0.25, 0.3) is 5.17 Å². The van der Waals surface area contributed by atoms with E-state index >= 15 is 0 Å². The van der Waals surface area contributed by atoms with Gasteiger partial charge in [-0.3, -0.25) is 0 Å². The summed E-state index contributed by atoms with van der Waals surface area (Å²) in [6.07, 6.45) is 0. The molecule has 0 fully saturated rings. The number of esters is 1. The molecular weight excluding hydrogens is 174 g/mol. The third-order valence-corrected chi connectivity index (χ3v) is 1.29. The van der Waals surface area contributed by atoms with Crippen LogP contribution in [-0.4, -0.2) is 11.1 Å². The number of nitrogens with two attached hydrogens (primary N) is 1. The molecule has 0 radical (unpaired) electrons. The average molecular weight is 181 g/mol. The molecule has 0 aliphatic heterocycles. The van der Waals surface area contributed by atoms with Crippen LogP contribution in [0.1, 0.15) is 10.4 Å². The van der Waals surface area contributed by atoms with Gasteiger partial charge in [0.05, 0.1) is 5.56 Å². The molecule has 0 spiro atoms. The molecule has 3 nitrogen and oxygen atoms in total. The summed E-state index contributed by atoms with van der Waals surface area (Å²) >= 11 is 4.41. The lowest BCUT2D eigenvalue weighted by Crippen LogP contribution is -2.17. The van der Waals surface area contributed by atoms with Crippen LogP contribution in [-0.2, 0) is 4.74 Å². The van der Waals surface area contributed by atoms with Gasteiger partial charge in [-0.25, -0.2) is 4.79 Å². The van der Waals surface area contributed by atoms with E-state index in [-0.39, 0.29) is 5.17 Å². The molecular formula is C8H7NO2S. The lowest BCUT2D eigenvalue weighted by Gasteiger charge is -1.99. The molecule has 4 heteroatoms. The molecule has 62 valence electrons. The molecule has 12 heavy (non-hydrogen) atoms. The van der Waals surface area contributed by atoms with E-state index in [4.69, 9.17) is 5.73 Å². The first kappa shape index (κ1) is 8.67. The van der Waals surface area contributed by atoms with Crippen LogP contribution < -0.4 is 5.73 Å². The number of ether oxygens (including phenoxy) is 1. The van der Waals surface area contributed by atoms with Crippen LogP contribution in [0.15, 0.2) is 30.3 Å². The van der Waals surface area contributed by atoms with Gasteiger partial charge in [0.1, 0.15) is 0 Å². The number of carbonyl (C=O) groups excluding carboxylic acids is 1. The van der Waals surface area contributed by atoms with Crippen molar-refractivity contribution >= 4 is 23.4 Å². The SMILES string of the molecule is NC(=S)OC(=O)c1ccccc1. The fraction of sp³-hybridized carbons (Fsp3) is 0. The Morgan fingerprint density at radius 2 is 1.92 bits per heavy atom. The molecule has 0 heterocycles. The molecule has 2 N–H and O–H groups in total.